The monoisotopic (exact) mass is 362 g/mol. The van der Waals surface area contributed by atoms with Crippen molar-refractivity contribution in [2.45, 2.75) is 0 Å². The van der Waals surface area contributed by atoms with Crippen LogP contribution in [0, 0.1) is 0 Å². The van der Waals surface area contributed by atoms with Crippen LogP contribution in [0.4, 0.5) is 5.69 Å². The summed E-state index contributed by atoms with van der Waals surface area (Å²) in [6.45, 7) is 0. The molecular weight excluding hydrogens is 348 g/mol. The third-order valence-corrected chi connectivity index (χ3v) is 3.18. The van der Waals surface area contributed by atoms with Crippen molar-refractivity contribution in [1.29, 1.82) is 0 Å². The predicted molar refractivity (Wildman–Crippen MR) is 91.5 cm³/mol. The highest BCUT2D eigenvalue weighted by Gasteiger charge is 2.16. The summed E-state index contributed by atoms with van der Waals surface area (Å²) in [5.41, 5.74) is 0.226. The zero-order chi connectivity index (χ0) is 18.2. The second-order valence-electron chi connectivity index (χ2n) is 4.63. The Hall–Kier alpha value is -3.06. The lowest BCUT2D eigenvalue weighted by Gasteiger charge is -2.14. The van der Waals surface area contributed by atoms with E-state index in [1.54, 1.807) is 36.5 Å². The number of nitrogens with one attached hydrogen (secondary N) is 1. The number of anilines is 1. The molecule has 0 radical (unpaired) electrons. The second-order valence-corrected chi connectivity index (χ2v) is 5.07. The van der Waals surface area contributed by atoms with Gasteiger partial charge in [-0.3, -0.25) is 4.98 Å². The van der Waals surface area contributed by atoms with Crippen LogP contribution in [0.5, 0.6) is 11.5 Å². The molecule has 0 aliphatic carbocycles. The first-order valence-corrected chi connectivity index (χ1v) is 7.43. The first-order chi connectivity index (χ1) is 12.0. The number of nitrogens with zero attached hydrogens (tertiary/aromatic N) is 1. The van der Waals surface area contributed by atoms with E-state index in [4.69, 9.17) is 16.3 Å². The average Bonchev–Trinajstić information content (AvgIpc) is 2.63. The highest BCUT2D eigenvalue weighted by molar-refractivity contribution is 6.31. The molecule has 2 aromatic rings. The molecule has 0 aliphatic rings. The number of carbonyl (C=O) groups excluding carboxylic acids is 2. The van der Waals surface area contributed by atoms with E-state index in [1.165, 1.54) is 20.4 Å². The van der Waals surface area contributed by atoms with Crippen LogP contribution in [0.1, 0.15) is 0 Å². The van der Waals surface area contributed by atoms with Gasteiger partial charge in [-0.2, -0.15) is 0 Å². The van der Waals surface area contributed by atoms with Gasteiger partial charge in [-0.05, 0) is 30.3 Å². The Kier molecular flexibility index (Phi) is 6.36. The fourth-order valence-electron chi connectivity index (χ4n) is 1.80. The molecule has 8 heteroatoms. The molecule has 0 saturated carbocycles. The number of halogens is 1. The highest BCUT2D eigenvalue weighted by Crippen LogP contribution is 2.32. The molecule has 1 N–H and O–H groups in total. The number of esters is 2. The zero-order valence-electron chi connectivity index (χ0n) is 13.5. The highest BCUT2D eigenvalue weighted by atomic mass is 35.5. The maximum absolute atomic E-state index is 11.9. The number of pyridine rings is 1. The van der Waals surface area contributed by atoms with E-state index in [0.29, 0.717) is 22.2 Å². The van der Waals surface area contributed by atoms with Gasteiger partial charge in [0.1, 0.15) is 11.4 Å². The molecule has 1 aromatic heterocycles. The number of benzene rings is 1. The Bertz CT molecular complexity index is 793. The van der Waals surface area contributed by atoms with Crippen molar-refractivity contribution in [2.75, 3.05) is 19.5 Å². The molecule has 0 unspecified atom stereocenters. The fraction of sp³-hybridized carbons (Fsp3) is 0.118. The van der Waals surface area contributed by atoms with Gasteiger partial charge in [-0.1, -0.05) is 11.6 Å². The number of aromatic nitrogens is 1. The molecule has 0 amide bonds. The van der Waals surface area contributed by atoms with Crippen LogP contribution >= 0.6 is 11.6 Å². The van der Waals surface area contributed by atoms with E-state index in [-0.39, 0.29) is 5.70 Å². The van der Waals surface area contributed by atoms with E-state index in [1.807, 2.05) is 0 Å². The fourth-order valence-corrected chi connectivity index (χ4v) is 1.97. The van der Waals surface area contributed by atoms with E-state index in [9.17, 15) is 9.59 Å². The summed E-state index contributed by atoms with van der Waals surface area (Å²) in [5.74, 6) is -0.608. The second kappa shape index (κ2) is 8.70. The summed E-state index contributed by atoms with van der Waals surface area (Å²) in [5, 5.41) is 3.19. The normalized spacial score (nSPS) is 10.8. The van der Waals surface area contributed by atoms with Crippen molar-refractivity contribution in [3.63, 3.8) is 0 Å². The lowest BCUT2D eigenvalue weighted by atomic mass is 10.2. The maximum atomic E-state index is 11.9. The number of rotatable bonds is 6. The number of methoxy groups -OCH3 is 2. The van der Waals surface area contributed by atoms with Gasteiger partial charge < -0.3 is 19.5 Å². The van der Waals surface area contributed by atoms with Crippen LogP contribution in [-0.4, -0.2) is 31.1 Å². The molecule has 0 fully saturated rings. The van der Waals surface area contributed by atoms with Gasteiger partial charge >= 0.3 is 11.9 Å². The summed E-state index contributed by atoms with van der Waals surface area (Å²) in [4.78, 5) is 27.3. The molecule has 0 spiro atoms. The molecule has 1 heterocycles. The van der Waals surface area contributed by atoms with Gasteiger partial charge in [0.15, 0.2) is 5.75 Å². The average molecular weight is 363 g/mol. The third kappa shape index (κ3) is 5.22. The standard InChI is InChI=1S/C17H15ClN2O5/c1-23-16(21)9-14(17(22)24-2)20-13-8-11(18)5-6-15(13)25-12-4-3-7-19-10-12/h3-10,20H,1-2H3/b14-9+. The Balaban J connectivity index is 2.36. The van der Waals surface area contributed by atoms with Crippen LogP contribution in [0.25, 0.3) is 0 Å². The van der Waals surface area contributed by atoms with Crippen molar-refractivity contribution in [1.82, 2.24) is 4.98 Å². The van der Waals surface area contributed by atoms with E-state index < -0.39 is 11.9 Å². The number of carbonyl (C=O) groups is 2. The van der Waals surface area contributed by atoms with Crippen LogP contribution in [0.3, 0.4) is 0 Å². The van der Waals surface area contributed by atoms with Crippen LogP contribution < -0.4 is 10.1 Å². The van der Waals surface area contributed by atoms with Gasteiger partial charge in [0.25, 0.3) is 0 Å². The first kappa shape index (κ1) is 18.3. The first-order valence-electron chi connectivity index (χ1n) is 7.06. The predicted octanol–water partition coefficient (Wildman–Crippen LogP) is 3.17. The maximum Gasteiger partial charge on any atom is 0.354 e. The molecule has 25 heavy (non-hydrogen) atoms. The van der Waals surface area contributed by atoms with E-state index in [0.717, 1.165) is 6.08 Å². The lowest BCUT2D eigenvalue weighted by molar-refractivity contribution is -0.138. The largest absolute Gasteiger partial charge is 0.466 e. The van der Waals surface area contributed by atoms with Crippen LogP contribution in [0.2, 0.25) is 5.02 Å². The molecule has 0 saturated heterocycles. The van der Waals surface area contributed by atoms with Gasteiger partial charge in [0.2, 0.25) is 0 Å². The summed E-state index contributed by atoms with van der Waals surface area (Å²) in [6.07, 6.45) is 4.12. The summed E-state index contributed by atoms with van der Waals surface area (Å²) in [7, 11) is 2.39. The SMILES string of the molecule is COC(=O)/C=C(/Nc1cc(Cl)ccc1Oc1cccnc1)C(=O)OC. The Labute approximate surface area is 149 Å². The Morgan fingerprint density at radius 2 is 2.00 bits per heavy atom. The zero-order valence-corrected chi connectivity index (χ0v) is 14.2. The molecule has 0 aliphatic heterocycles. The molecule has 1 aromatic carbocycles. The quantitative estimate of drug-likeness (QED) is 0.623. The van der Waals surface area contributed by atoms with Crippen molar-refractivity contribution < 1.29 is 23.8 Å². The van der Waals surface area contributed by atoms with Crippen molar-refractivity contribution in [3.8, 4) is 11.5 Å². The Morgan fingerprint density at radius 3 is 2.64 bits per heavy atom. The lowest BCUT2D eigenvalue weighted by Crippen LogP contribution is -2.15. The van der Waals surface area contributed by atoms with Crippen LogP contribution in [0.15, 0.2) is 54.5 Å². The van der Waals surface area contributed by atoms with E-state index >= 15 is 0 Å². The van der Waals surface area contributed by atoms with Crippen molar-refractivity contribution in [3.05, 3.63) is 59.5 Å². The number of hydrogen-bond acceptors (Lipinski definition) is 7. The van der Waals surface area contributed by atoms with Gasteiger partial charge in [-0.25, -0.2) is 9.59 Å². The van der Waals surface area contributed by atoms with E-state index in [2.05, 4.69) is 19.8 Å². The minimum absolute atomic E-state index is 0.132. The van der Waals surface area contributed by atoms with Gasteiger partial charge in [-0.15, -0.1) is 0 Å². The topological polar surface area (TPSA) is 86.8 Å². The summed E-state index contributed by atoms with van der Waals surface area (Å²) >= 11 is 6.01. The minimum Gasteiger partial charge on any atom is -0.466 e. The molecule has 130 valence electrons. The summed E-state index contributed by atoms with van der Waals surface area (Å²) in [6, 6.07) is 8.22. The molecule has 0 atom stereocenters. The Morgan fingerprint density at radius 1 is 1.20 bits per heavy atom. The molecule has 2 rings (SSSR count). The summed E-state index contributed by atoms with van der Waals surface area (Å²) < 4.78 is 14.9. The van der Waals surface area contributed by atoms with Crippen LogP contribution in [-0.2, 0) is 19.1 Å². The van der Waals surface area contributed by atoms with Crippen molar-refractivity contribution >= 4 is 29.2 Å². The van der Waals surface area contributed by atoms with Gasteiger partial charge in [0, 0.05) is 11.2 Å². The number of ether oxygens (including phenoxy) is 3. The number of hydrogen-bond donors (Lipinski definition) is 1. The molecular formula is C17H15ClN2O5. The van der Waals surface area contributed by atoms with Crippen molar-refractivity contribution in [2.24, 2.45) is 0 Å². The molecule has 7 nitrogen and oxygen atoms in total. The minimum atomic E-state index is -0.752. The smallest absolute Gasteiger partial charge is 0.354 e. The third-order valence-electron chi connectivity index (χ3n) is 2.94. The molecule has 0 bridgehead atoms. The van der Waals surface area contributed by atoms with Gasteiger partial charge in [0.05, 0.1) is 32.2 Å².